The fourth-order valence-corrected chi connectivity index (χ4v) is 2.49. The lowest BCUT2D eigenvalue weighted by molar-refractivity contribution is -0.127. The summed E-state index contributed by atoms with van der Waals surface area (Å²) in [6.07, 6.45) is 2.74. The quantitative estimate of drug-likeness (QED) is 0.466. The maximum absolute atomic E-state index is 11.7. The smallest absolute Gasteiger partial charge is 0.243 e. The second kappa shape index (κ2) is 9.29. The van der Waals surface area contributed by atoms with Crippen LogP contribution < -0.4 is 5.32 Å². The maximum Gasteiger partial charge on any atom is 0.243 e. The maximum atomic E-state index is 11.7. The third-order valence-electron chi connectivity index (χ3n) is 3.10. The summed E-state index contributed by atoms with van der Waals surface area (Å²) < 4.78 is 0. The van der Waals surface area contributed by atoms with Crippen molar-refractivity contribution in [2.45, 2.75) is 20.3 Å². The molecule has 1 amide bonds. The van der Waals surface area contributed by atoms with E-state index >= 15 is 0 Å². The first kappa shape index (κ1) is 19.2. The second-order valence-corrected chi connectivity index (χ2v) is 7.09. The summed E-state index contributed by atoms with van der Waals surface area (Å²) in [7, 11) is 5.42. The first-order chi connectivity index (χ1) is 10.8. The number of aliphatic imine (C=N–C) groups is 1. The lowest BCUT2D eigenvalue weighted by atomic mass is 10.3. The lowest BCUT2D eigenvalue weighted by Crippen LogP contribution is -2.41. The van der Waals surface area contributed by atoms with Gasteiger partial charge in [0.05, 0.1) is 5.01 Å². The zero-order valence-electron chi connectivity index (χ0n) is 14.7. The summed E-state index contributed by atoms with van der Waals surface area (Å²) in [4.78, 5) is 25.3. The number of aryl methyl sites for hydroxylation is 1. The molecule has 128 valence electrons. The Labute approximate surface area is 142 Å². The molecule has 0 saturated carbocycles. The Morgan fingerprint density at radius 3 is 2.65 bits per heavy atom. The highest BCUT2D eigenvalue weighted by molar-refractivity contribution is 7.11. The van der Waals surface area contributed by atoms with Crippen LogP contribution in [0.2, 0.25) is 0 Å². The molecule has 0 aliphatic rings. The highest BCUT2D eigenvalue weighted by atomic mass is 32.1. The summed E-state index contributed by atoms with van der Waals surface area (Å²) in [6, 6.07) is 0. The number of rotatable bonds is 7. The van der Waals surface area contributed by atoms with E-state index in [0.29, 0.717) is 12.5 Å². The van der Waals surface area contributed by atoms with Gasteiger partial charge in [-0.25, -0.2) is 9.98 Å². The molecule has 0 aromatic carbocycles. The molecule has 0 spiro atoms. The first-order valence-electron chi connectivity index (χ1n) is 7.55. The number of hydrogen-bond donors (Lipinski definition) is 1. The highest BCUT2D eigenvalue weighted by Gasteiger charge is 2.10. The van der Waals surface area contributed by atoms with Gasteiger partial charge in [-0.15, -0.1) is 11.3 Å². The number of amides is 1. The molecule has 0 unspecified atom stereocenters. The average molecular weight is 337 g/mol. The van der Waals surface area contributed by atoms with E-state index in [4.69, 9.17) is 0 Å². The molecule has 7 heteroatoms. The average Bonchev–Trinajstić information content (AvgIpc) is 2.89. The van der Waals surface area contributed by atoms with Gasteiger partial charge in [0.15, 0.2) is 5.96 Å². The Balaban J connectivity index is 2.66. The molecule has 1 rings (SSSR count). The van der Waals surface area contributed by atoms with Crippen molar-refractivity contribution in [1.82, 2.24) is 20.1 Å². The van der Waals surface area contributed by atoms with Crippen molar-refractivity contribution in [1.29, 1.82) is 0 Å². The summed E-state index contributed by atoms with van der Waals surface area (Å²) in [5, 5.41) is 4.35. The summed E-state index contributed by atoms with van der Waals surface area (Å²) >= 11 is 1.71. The number of guanidine groups is 1. The topological polar surface area (TPSA) is 60.8 Å². The zero-order chi connectivity index (χ0) is 17.4. The Hall–Kier alpha value is -1.89. The number of thiazole rings is 1. The van der Waals surface area contributed by atoms with Crippen LogP contribution in [0.3, 0.4) is 0 Å². The Kier molecular flexibility index (Phi) is 7.74. The molecule has 1 aromatic rings. The molecule has 0 aliphatic heterocycles. The predicted molar refractivity (Wildman–Crippen MR) is 97.0 cm³/mol. The van der Waals surface area contributed by atoms with Crippen LogP contribution in [0.1, 0.15) is 16.8 Å². The lowest BCUT2D eigenvalue weighted by Gasteiger charge is -2.22. The van der Waals surface area contributed by atoms with E-state index in [-0.39, 0.29) is 12.5 Å². The van der Waals surface area contributed by atoms with Crippen molar-refractivity contribution in [2.75, 3.05) is 40.8 Å². The van der Waals surface area contributed by atoms with E-state index in [0.717, 1.165) is 23.5 Å². The monoisotopic (exact) mass is 337 g/mol. The number of hydrogen-bond acceptors (Lipinski definition) is 4. The zero-order valence-corrected chi connectivity index (χ0v) is 15.5. The van der Waals surface area contributed by atoms with Crippen LogP contribution in [0.5, 0.6) is 0 Å². The van der Waals surface area contributed by atoms with Gasteiger partial charge in [0, 0.05) is 51.7 Å². The third kappa shape index (κ3) is 7.27. The summed E-state index contributed by atoms with van der Waals surface area (Å²) in [5.74, 6) is 0.681. The van der Waals surface area contributed by atoms with Crippen molar-refractivity contribution < 1.29 is 4.79 Å². The van der Waals surface area contributed by atoms with Gasteiger partial charge in [0.1, 0.15) is 6.54 Å². The van der Waals surface area contributed by atoms with Gasteiger partial charge in [-0.3, -0.25) is 4.79 Å². The molecule has 23 heavy (non-hydrogen) atoms. The number of carbonyl (C=O) groups is 1. The van der Waals surface area contributed by atoms with E-state index in [1.165, 1.54) is 9.78 Å². The number of carbonyl (C=O) groups excluding carboxylic acids is 1. The minimum absolute atomic E-state index is 0.0245. The van der Waals surface area contributed by atoms with Crippen LogP contribution in [0.15, 0.2) is 23.3 Å². The van der Waals surface area contributed by atoms with Gasteiger partial charge >= 0.3 is 0 Å². The summed E-state index contributed by atoms with van der Waals surface area (Å²) in [5.41, 5.74) is 1.01. The fraction of sp³-hybridized carbons (Fsp3) is 0.562. The molecule has 1 heterocycles. The fourth-order valence-electron chi connectivity index (χ4n) is 1.71. The van der Waals surface area contributed by atoms with Crippen LogP contribution in [0.4, 0.5) is 0 Å². The molecule has 0 bridgehead atoms. The van der Waals surface area contributed by atoms with Gasteiger partial charge in [0.25, 0.3) is 0 Å². The van der Waals surface area contributed by atoms with Gasteiger partial charge in [-0.05, 0) is 13.8 Å². The third-order valence-corrected chi connectivity index (χ3v) is 4.08. The molecule has 0 atom stereocenters. The Morgan fingerprint density at radius 1 is 1.43 bits per heavy atom. The second-order valence-electron chi connectivity index (χ2n) is 5.77. The van der Waals surface area contributed by atoms with Crippen molar-refractivity contribution in [3.05, 3.63) is 28.2 Å². The van der Waals surface area contributed by atoms with Crippen molar-refractivity contribution in [2.24, 2.45) is 4.99 Å². The molecule has 1 N–H and O–H groups in total. The molecular weight excluding hydrogens is 310 g/mol. The number of nitrogens with one attached hydrogen (secondary N) is 1. The Bertz CT molecular complexity index is 565. The SMILES string of the molecule is C=C(C)CNC(=NCC(=O)N(C)C)N(C)CCc1ncc(C)s1. The van der Waals surface area contributed by atoms with Crippen molar-refractivity contribution >= 4 is 23.2 Å². The molecule has 0 radical (unpaired) electrons. The van der Waals surface area contributed by atoms with Crippen molar-refractivity contribution in [3.63, 3.8) is 0 Å². The standard InChI is InChI=1S/C16H27N5OS/c1-12(2)9-18-16(19-11-15(22)20(4)5)21(6)8-7-14-17-10-13(3)23-14/h10H,1,7-9,11H2,2-6H3,(H,18,19). The van der Waals surface area contributed by atoms with Gasteiger partial charge in [-0.2, -0.15) is 0 Å². The van der Waals surface area contributed by atoms with E-state index < -0.39 is 0 Å². The van der Waals surface area contributed by atoms with Crippen LogP contribution >= 0.6 is 11.3 Å². The first-order valence-corrected chi connectivity index (χ1v) is 8.36. The van der Waals surface area contributed by atoms with Gasteiger partial charge < -0.3 is 15.1 Å². The van der Waals surface area contributed by atoms with Gasteiger partial charge in [0.2, 0.25) is 5.91 Å². The predicted octanol–water partition coefficient (Wildman–Crippen LogP) is 1.54. The van der Waals surface area contributed by atoms with Crippen molar-refractivity contribution in [3.8, 4) is 0 Å². The molecular formula is C16H27N5OS. The number of likely N-dealkylation sites (N-methyl/N-ethyl adjacent to an activating group) is 2. The minimum atomic E-state index is -0.0245. The molecule has 1 aromatic heterocycles. The normalized spacial score (nSPS) is 11.3. The Morgan fingerprint density at radius 2 is 2.13 bits per heavy atom. The van der Waals surface area contributed by atoms with Crippen LogP contribution in [-0.2, 0) is 11.2 Å². The molecule has 0 saturated heterocycles. The van der Waals surface area contributed by atoms with Gasteiger partial charge in [-0.1, -0.05) is 12.2 Å². The number of nitrogens with zero attached hydrogens (tertiary/aromatic N) is 4. The highest BCUT2D eigenvalue weighted by Crippen LogP contribution is 2.11. The molecule has 6 nitrogen and oxygen atoms in total. The molecule has 0 aliphatic carbocycles. The van der Waals surface area contributed by atoms with Crippen LogP contribution in [0, 0.1) is 6.92 Å². The minimum Gasteiger partial charge on any atom is -0.353 e. The van der Waals surface area contributed by atoms with E-state index in [1.54, 1.807) is 25.4 Å². The van der Waals surface area contributed by atoms with E-state index in [1.807, 2.05) is 25.1 Å². The largest absolute Gasteiger partial charge is 0.353 e. The van der Waals surface area contributed by atoms with Crippen LogP contribution in [0.25, 0.3) is 0 Å². The number of aromatic nitrogens is 1. The molecule has 0 fully saturated rings. The van der Waals surface area contributed by atoms with Crippen LogP contribution in [-0.4, -0.2) is 67.4 Å². The van der Waals surface area contributed by atoms with E-state index in [2.05, 4.69) is 28.8 Å². The summed E-state index contributed by atoms with van der Waals surface area (Å²) in [6.45, 7) is 9.44. The van der Waals surface area contributed by atoms with E-state index in [9.17, 15) is 4.79 Å².